The molecule has 0 spiro atoms. The molecule has 0 saturated carbocycles. The van der Waals surface area contributed by atoms with Gasteiger partial charge in [-0.25, -0.2) is 0 Å². The molecule has 0 radical (unpaired) electrons. The molecule has 1 N–H and O–H groups in total. The van der Waals surface area contributed by atoms with E-state index >= 15 is 0 Å². The van der Waals surface area contributed by atoms with E-state index in [4.69, 9.17) is 4.74 Å². The van der Waals surface area contributed by atoms with Crippen LogP contribution in [0.5, 0.6) is 0 Å². The molecule has 1 fully saturated rings. The van der Waals surface area contributed by atoms with Crippen molar-refractivity contribution in [1.82, 2.24) is 20.0 Å². The molecule has 0 amide bonds. The van der Waals surface area contributed by atoms with Gasteiger partial charge in [-0.05, 0) is 39.3 Å². The number of hydrogen-bond donors (Lipinski definition) is 1. The lowest BCUT2D eigenvalue weighted by atomic mass is 10.2. The largest absolute Gasteiger partial charge is 0.383 e. The zero-order valence-corrected chi connectivity index (χ0v) is 13.0. The Hall–Kier alpha value is -0.910. The van der Waals surface area contributed by atoms with Crippen LogP contribution < -0.4 is 5.32 Å². The highest BCUT2D eigenvalue weighted by molar-refractivity contribution is 4.99. The van der Waals surface area contributed by atoms with Gasteiger partial charge in [0.2, 0.25) is 0 Å². The summed E-state index contributed by atoms with van der Waals surface area (Å²) in [5, 5.41) is 8.21. The highest BCUT2D eigenvalue weighted by Gasteiger charge is 2.18. The van der Waals surface area contributed by atoms with Crippen LogP contribution >= 0.6 is 0 Å². The SMILES string of the molecule is COCCN(Cc1ccn(C(C)C)n1)CC1CCCN1. The van der Waals surface area contributed by atoms with Gasteiger partial charge in [-0.1, -0.05) is 0 Å². The molecule has 1 aromatic rings. The molecule has 2 rings (SSSR count). The predicted molar refractivity (Wildman–Crippen MR) is 80.8 cm³/mol. The van der Waals surface area contributed by atoms with E-state index in [0.717, 1.165) is 38.5 Å². The average Bonchev–Trinajstić information content (AvgIpc) is 3.07. The van der Waals surface area contributed by atoms with Gasteiger partial charge >= 0.3 is 0 Å². The summed E-state index contributed by atoms with van der Waals surface area (Å²) in [5.74, 6) is 0. The third kappa shape index (κ3) is 4.58. The maximum Gasteiger partial charge on any atom is 0.0764 e. The molecule has 5 nitrogen and oxygen atoms in total. The van der Waals surface area contributed by atoms with Crippen molar-refractivity contribution in [2.45, 2.75) is 45.3 Å². The van der Waals surface area contributed by atoms with Crippen molar-refractivity contribution >= 4 is 0 Å². The fourth-order valence-electron chi connectivity index (χ4n) is 2.66. The van der Waals surface area contributed by atoms with Crippen LogP contribution in [0.3, 0.4) is 0 Å². The zero-order chi connectivity index (χ0) is 14.4. The van der Waals surface area contributed by atoms with Gasteiger partial charge in [-0.2, -0.15) is 5.10 Å². The van der Waals surface area contributed by atoms with Crippen molar-refractivity contribution in [1.29, 1.82) is 0 Å². The normalized spacial score (nSPS) is 19.4. The van der Waals surface area contributed by atoms with Gasteiger partial charge in [0, 0.05) is 45.0 Å². The van der Waals surface area contributed by atoms with Crippen LogP contribution in [0.25, 0.3) is 0 Å². The molecule has 2 heterocycles. The highest BCUT2D eigenvalue weighted by Crippen LogP contribution is 2.11. The third-order valence-electron chi connectivity index (χ3n) is 3.83. The van der Waals surface area contributed by atoms with E-state index < -0.39 is 0 Å². The molecule has 1 aliphatic rings. The Labute approximate surface area is 122 Å². The van der Waals surface area contributed by atoms with Crippen LogP contribution in [0.4, 0.5) is 0 Å². The van der Waals surface area contributed by atoms with Crippen molar-refractivity contribution in [2.24, 2.45) is 0 Å². The molecule has 0 bridgehead atoms. The molecule has 1 atom stereocenters. The Morgan fingerprint density at radius 2 is 2.40 bits per heavy atom. The molecule has 1 saturated heterocycles. The van der Waals surface area contributed by atoms with Gasteiger partial charge in [0.25, 0.3) is 0 Å². The Bertz CT molecular complexity index is 385. The lowest BCUT2D eigenvalue weighted by molar-refractivity contribution is 0.137. The van der Waals surface area contributed by atoms with Crippen LogP contribution in [-0.2, 0) is 11.3 Å². The molecular weight excluding hydrogens is 252 g/mol. The topological polar surface area (TPSA) is 42.3 Å². The zero-order valence-electron chi connectivity index (χ0n) is 13.0. The Morgan fingerprint density at radius 1 is 1.55 bits per heavy atom. The molecule has 1 unspecified atom stereocenters. The van der Waals surface area contributed by atoms with Crippen LogP contribution in [0.2, 0.25) is 0 Å². The number of nitrogens with zero attached hydrogens (tertiary/aromatic N) is 3. The second-order valence-electron chi connectivity index (χ2n) is 5.90. The summed E-state index contributed by atoms with van der Waals surface area (Å²) in [6.45, 7) is 9.19. The average molecular weight is 280 g/mol. The molecule has 0 aromatic carbocycles. The maximum atomic E-state index is 5.23. The smallest absolute Gasteiger partial charge is 0.0764 e. The molecule has 5 heteroatoms. The van der Waals surface area contributed by atoms with Crippen molar-refractivity contribution in [2.75, 3.05) is 33.4 Å². The fraction of sp³-hybridized carbons (Fsp3) is 0.800. The molecule has 114 valence electrons. The Balaban J connectivity index is 1.90. The number of hydrogen-bond acceptors (Lipinski definition) is 4. The minimum absolute atomic E-state index is 0.424. The first kappa shape index (κ1) is 15.5. The van der Waals surface area contributed by atoms with E-state index in [1.807, 2.05) is 4.68 Å². The first-order valence-electron chi connectivity index (χ1n) is 7.67. The van der Waals surface area contributed by atoms with E-state index in [-0.39, 0.29) is 0 Å². The van der Waals surface area contributed by atoms with Crippen LogP contribution in [-0.4, -0.2) is 54.1 Å². The maximum absolute atomic E-state index is 5.23. The molecule has 0 aliphatic carbocycles. The van der Waals surface area contributed by atoms with Crippen molar-refractivity contribution in [3.05, 3.63) is 18.0 Å². The van der Waals surface area contributed by atoms with Crippen molar-refractivity contribution in [3.63, 3.8) is 0 Å². The number of aromatic nitrogens is 2. The number of nitrogens with one attached hydrogen (secondary N) is 1. The van der Waals surface area contributed by atoms with Crippen LogP contribution in [0.15, 0.2) is 12.3 Å². The number of rotatable bonds is 8. The van der Waals surface area contributed by atoms with Crippen LogP contribution in [0, 0.1) is 0 Å². The number of ether oxygens (including phenoxy) is 1. The van der Waals surface area contributed by atoms with Gasteiger partial charge < -0.3 is 10.1 Å². The third-order valence-corrected chi connectivity index (χ3v) is 3.83. The van der Waals surface area contributed by atoms with Crippen molar-refractivity contribution < 1.29 is 4.74 Å². The predicted octanol–water partition coefficient (Wildman–Crippen LogP) is 1.66. The summed E-state index contributed by atoms with van der Waals surface area (Å²) in [6, 6.07) is 3.17. The second-order valence-corrected chi connectivity index (χ2v) is 5.90. The summed E-state index contributed by atoms with van der Waals surface area (Å²) in [6.07, 6.45) is 4.65. The molecule has 1 aliphatic heterocycles. The minimum Gasteiger partial charge on any atom is -0.383 e. The van der Waals surface area contributed by atoms with E-state index in [1.54, 1.807) is 7.11 Å². The minimum atomic E-state index is 0.424. The molecular formula is C15H28N4O. The summed E-state index contributed by atoms with van der Waals surface area (Å²) in [4.78, 5) is 2.44. The van der Waals surface area contributed by atoms with E-state index in [1.165, 1.54) is 12.8 Å². The quantitative estimate of drug-likeness (QED) is 0.786. The van der Waals surface area contributed by atoms with Gasteiger partial charge in [0.15, 0.2) is 0 Å². The Morgan fingerprint density at radius 3 is 3.00 bits per heavy atom. The highest BCUT2D eigenvalue weighted by atomic mass is 16.5. The first-order chi connectivity index (χ1) is 9.69. The summed E-state index contributed by atoms with van der Waals surface area (Å²) in [5.41, 5.74) is 1.15. The summed E-state index contributed by atoms with van der Waals surface area (Å²) in [7, 11) is 1.76. The molecule has 20 heavy (non-hydrogen) atoms. The number of methoxy groups -OCH3 is 1. The lowest BCUT2D eigenvalue weighted by Crippen LogP contribution is -2.38. The van der Waals surface area contributed by atoms with Crippen LogP contribution in [0.1, 0.15) is 38.4 Å². The van der Waals surface area contributed by atoms with Gasteiger partial charge in [0.05, 0.1) is 12.3 Å². The monoisotopic (exact) mass is 280 g/mol. The standard InChI is InChI=1S/C15H28N4O/c1-13(2)19-8-6-15(17-19)12-18(9-10-20-3)11-14-5-4-7-16-14/h6,8,13-14,16H,4-5,7,9-12H2,1-3H3. The second kappa shape index (κ2) is 7.76. The van der Waals surface area contributed by atoms with E-state index in [0.29, 0.717) is 12.1 Å². The molecule has 1 aromatic heterocycles. The van der Waals surface area contributed by atoms with Gasteiger partial charge in [0.1, 0.15) is 0 Å². The Kier molecular flexibility index (Phi) is 6.01. The lowest BCUT2D eigenvalue weighted by Gasteiger charge is -2.24. The van der Waals surface area contributed by atoms with Crippen molar-refractivity contribution in [3.8, 4) is 0 Å². The van der Waals surface area contributed by atoms with E-state index in [9.17, 15) is 0 Å². The fourth-order valence-corrected chi connectivity index (χ4v) is 2.66. The summed E-state index contributed by atoms with van der Waals surface area (Å²) >= 11 is 0. The van der Waals surface area contributed by atoms with E-state index in [2.05, 4.69) is 41.4 Å². The van der Waals surface area contributed by atoms with Gasteiger partial charge in [-0.3, -0.25) is 9.58 Å². The first-order valence-corrected chi connectivity index (χ1v) is 7.67. The summed E-state index contributed by atoms with van der Waals surface area (Å²) < 4.78 is 7.26. The van der Waals surface area contributed by atoms with Gasteiger partial charge in [-0.15, -0.1) is 0 Å².